The lowest BCUT2D eigenvalue weighted by Gasteiger charge is -2.26. The Kier molecular flexibility index (Phi) is 5.42. The van der Waals surface area contributed by atoms with Crippen molar-refractivity contribution in [3.63, 3.8) is 0 Å². The number of ether oxygens (including phenoxy) is 1. The van der Waals surface area contributed by atoms with Crippen LogP contribution in [0.15, 0.2) is 30.3 Å². The van der Waals surface area contributed by atoms with E-state index >= 15 is 0 Å². The fraction of sp³-hybridized carbons (Fsp3) is 0.533. The number of para-hydroxylation sites is 1. The molecule has 7 heteroatoms. The molecule has 22 heavy (non-hydrogen) atoms. The fourth-order valence-corrected chi connectivity index (χ4v) is 3.68. The number of hydrogen-bond donors (Lipinski definition) is 0. The molecule has 0 unspecified atom stereocenters. The van der Waals surface area contributed by atoms with Gasteiger partial charge in [-0.1, -0.05) is 18.2 Å². The number of nitrogens with zero attached hydrogens (tertiary/aromatic N) is 2. The maximum absolute atomic E-state index is 12.4. The molecule has 1 fully saturated rings. The molecule has 1 heterocycles. The van der Waals surface area contributed by atoms with Crippen LogP contribution in [-0.4, -0.2) is 62.6 Å². The van der Waals surface area contributed by atoms with E-state index in [1.165, 1.54) is 9.21 Å². The van der Waals surface area contributed by atoms with Gasteiger partial charge in [0.15, 0.2) is 0 Å². The Bertz CT molecular complexity index is 603. The minimum atomic E-state index is -3.34. The van der Waals surface area contributed by atoms with Crippen LogP contribution >= 0.6 is 0 Å². The number of likely N-dealkylation sites (N-methyl/N-ethyl adjacent to an activating group) is 1. The number of sulfonamides is 1. The van der Waals surface area contributed by atoms with E-state index in [0.717, 1.165) is 18.4 Å². The monoisotopic (exact) mass is 326 g/mol. The minimum Gasteiger partial charge on any atom is -0.492 e. The van der Waals surface area contributed by atoms with Gasteiger partial charge in [-0.15, -0.1) is 0 Å². The fourth-order valence-electron chi connectivity index (χ4n) is 2.57. The van der Waals surface area contributed by atoms with Crippen LogP contribution in [0.25, 0.3) is 0 Å². The molecular formula is C15H22N2O4S. The molecule has 1 aliphatic heterocycles. The van der Waals surface area contributed by atoms with Gasteiger partial charge in [0, 0.05) is 13.6 Å². The van der Waals surface area contributed by atoms with Gasteiger partial charge < -0.3 is 9.64 Å². The molecule has 0 saturated carbocycles. The van der Waals surface area contributed by atoms with Gasteiger partial charge in [-0.3, -0.25) is 4.79 Å². The molecule has 0 spiro atoms. The maximum Gasteiger partial charge on any atom is 0.240 e. The summed E-state index contributed by atoms with van der Waals surface area (Å²) in [5, 5.41) is 0. The van der Waals surface area contributed by atoms with Gasteiger partial charge in [-0.2, -0.15) is 4.31 Å². The number of carbonyl (C=O) groups is 1. The first-order valence-electron chi connectivity index (χ1n) is 7.29. The van der Waals surface area contributed by atoms with E-state index < -0.39 is 16.1 Å². The normalized spacial score (nSPS) is 19.1. The number of benzene rings is 1. The maximum atomic E-state index is 12.4. The van der Waals surface area contributed by atoms with E-state index in [2.05, 4.69) is 0 Å². The Balaban J connectivity index is 1.86. The highest BCUT2D eigenvalue weighted by molar-refractivity contribution is 7.88. The van der Waals surface area contributed by atoms with Crippen LogP contribution in [0, 0.1) is 0 Å². The van der Waals surface area contributed by atoms with Gasteiger partial charge in [-0.25, -0.2) is 8.42 Å². The van der Waals surface area contributed by atoms with Crippen LogP contribution in [0.3, 0.4) is 0 Å². The molecule has 122 valence electrons. The van der Waals surface area contributed by atoms with Gasteiger partial charge >= 0.3 is 0 Å². The van der Waals surface area contributed by atoms with Crippen molar-refractivity contribution >= 4 is 15.9 Å². The van der Waals surface area contributed by atoms with Crippen molar-refractivity contribution in [1.29, 1.82) is 0 Å². The van der Waals surface area contributed by atoms with E-state index in [1.54, 1.807) is 7.05 Å². The summed E-state index contributed by atoms with van der Waals surface area (Å²) in [4.78, 5) is 13.9. The molecule has 1 amide bonds. The molecule has 0 radical (unpaired) electrons. The van der Waals surface area contributed by atoms with Crippen molar-refractivity contribution in [3.8, 4) is 5.75 Å². The average molecular weight is 326 g/mol. The summed E-state index contributed by atoms with van der Waals surface area (Å²) in [7, 11) is -1.66. The van der Waals surface area contributed by atoms with Crippen LogP contribution in [0.2, 0.25) is 0 Å². The van der Waals surface area contributed by atoms with E-state index in [-0.39, 0.29) is 5.91 Å². The summed E-state index contributed by atoms with van der Waals surface area (Å²) in [6, 6.07) is 8.80. The molecule has 1 atom stereocenters. The Hall–Kier alpha value is -1.60. The molecule has 6 nitrogen and oxygen atoms in total. The van der Waals surface area contributed by atoms with Crippen LogP contribution in [-0.2, 0) is 14.8 Å². The van der Waals surface area contributed by atoms with Gasteiger partial charge in [0.1, 0.15) is 18.4 Å². The Labute approximate surface area is 131 Å². The Morgan fingerprint density at radius 2 is 2.05 bits per heavy atom. The third-order valence-corrected chi connectivity index (χ3v) is 5.02. The lowest BCUT2D eigenvalue weighted by atomic mass is 10.2. The molecule has 1 aromatic carbocycles. The summed E-state index contributed by atoms with van der Waals surface area (Å²) < 4.78 is 30.3. The average Bonchev–Trinajstić information content (AvgIpc) is 2.97. The molecule has 0 aromatic heterocycles. The lowest BCUT2D eigenvalue weighted by molar-refractivity contribution is -0.133. The second-order valence-electron chi connectivity index (χ2n) is 5.45. The smallest absolute Gasteiger partial charge is 0.240 e. The molecular weight excluding hydrogens is 304 g/mol. The zero-order chi connectivity index (χ0) is 16.2. The lowest BCUT2D eigenvalue weighted by Crippen LogP contribution is -2.47. The SMILES string of the molecule is CN(CCOc1ccccc1)C(=O)[C@H]1CCCN1S(C)(=O)=O. The van der Waals surface area contributed by atoms with Crippen molar-refractivity contribution in [1.82, 2.24) is 9.21 Å². The van der Waals surface area contributed by atoms with Gasteiger partial charge in [-0.05, 0) is 25.0 Å². The first kappa shape index (κ1) is 16.8. The zero-order valence-electron chi connectivity index (χ0n) is 12.9. The van der Waals surface area contributed by atoms with Crippen LogP contribution in [0.5, 0.6) is 5.75 Å². The minimum absolute atomic E-state index is 0.167. The number of rotatable bonds is 6. The second-order valence-corrected chi connectivity index (χ2v) is 7.39. The molecule has 1 aliphatic rings. The van der Waals surface area contributed by atoms with E-state index in [0.29, 0.717) is 26.1 Å². The van der Waals surface area contributed by atoms with Crippen molar-refractivity contribution in [2.45, 2.75) is 18.9 Å². The molecule has 2 rings (SSSR count). The first-order chi connectivity index (χ1) is 10.4. The van der Waals surface area contributed by atoms with Gasteiger partial charge in [0.05, 0.1) is 12.8 Å². The predicted molar refractivity (Wildman–Crippen MR) is 84.1 cm³/mol. The summed E-state index contributed by atoms with van der Waals surface area (Å²) in [5.74, 6) is 0.585. The third-order valence-electron chi connectivity index (χ3n) is 3.73. The summed E-state index contributed by atoms with van der Waals surface area (Å²) >= 11 is 0. The quantitative estimate of drug-likeness (QED) is 0.780. The van der Waals surface area contributed by atoms with Crippen LogP contribution < -0.4 is 4.74 Å². The predicted octanol–water partition coefficient (Wildman–Crippen LogP) is 0.948. The molecule has 0 N–H and O–H groups in total. The van der Waals surface area contributed by atoms with Crippen molar-refractivity contribution in [2.75, 3.05) is 33.0 Å². The number of carbonyl (C=O) groups excluding carboxylic acids is 1. The van der Waals surface area contributed by atoms with Crippen LogP contribution in [0.4, 0.5) is 0 Å². The van der Waals surface area contributed by atoms with Gasteiger partial charge in [0.2, 0.25) is 15.9 Å². The molecule has 1 saturated heterocycles. The summed E-state index contributed by atoms with van der Waals surface area (Å²) in [5.41, 5.74) is 0. The molecule has 1 aromatic rings. The second kappa shape index (κ2) is 7.11. The Morgan fingerprint density at radius 3 is 2.68 bits per heavy atom. The largest absolute Gasteiger partial charge is 0.492 e. The first-order valence-corrected chi connectivity index (χ1v) is 9.14. The highest BCUT2D eigenvalue weighted by Crippen LogP contribution is 2.21. The van der Waals surface area contributed by atoms with E-state index in [9.17, 15) is 13.2 Å². The number of amides is 1. The van der Waals surface area contributed by atoms with E-state index in [4.69, 9.17) is 4.74 Å². The summed E-state index contributed by atoms with van der Waals surface area (Å²) in [6.07, 6.45) is 2.45. The zero-order valence-corrected chi connectivity index (χ0v) is 13.8. The van der Waals surface area contributed by atoms with Crippen LogP contribution in [0.1, 0.15) is 12.8 Å². The van der Waals surface area contributed by atoms with Crippen molar-refractivity contribution < 1.29 is 17.9 Å². The number of hydrogen-bond acceptors (Lipinski definition) is 4. The third kappa shape index (κ3) is 4.20. The van der Waals surface area contributed by atoms with Crippen molar-refractivity contribution in [3.05, 3.63) is 30.3 Å². The topological polar surface area (TPSA) is 66.9 Å². The Morgan fingerprint density at radius 1 is 1.36 bits per heavy atom. The highest BCUT2D eigenvalue weighted by atomic mass is 32.2. The molecule has 0 aliphatic carbocycles. The van der Waals surface area contributed by atoms with E-state index in [1.807, 2.05) is 30.3 Å². The van der Waals surface area contributed by atoms with Crippen molar-refractivity contribution in [2.24, 2.45) is 0 Å². The highest BCUT2D eigenvalue weighted by Gasteiger charge is 2.37. The standard InChI is InChI=1S/C15H22N2O4S/c1-16(11-12-21-13-7-4-3-5-8-13)15(18)14-9-6-10-17(14)22(2,19)20/h3-5,7-8,14H,6,9-12H2,1-2H3/t14-/m1/s1. The van der Waals surface area contributed by atoms with Gasteiger partial charge in [0.25, 0.3) is 0 Å². The molecule has 0 bridgehead atoms. The summed E-state index contributed by atoms with van der Waals surface area (Å²) in [6.45, 7) is 1.21.